The van der Waals surface area contributed by atoms with Gasteiger partial charge in [0.1, 0.15) is 17.6 Å². The molecule has 4 nitrogen and oxygen atoms in total. The van der Waals surface area contributed by atoms with Crippen LogP contribution in [0.3, 0.4) is 0 Å². The van der Waals surface area contributed by atoms with Crippen molar-refractivity contribution in [1.29, 1.82) is 0 Å². The van der Waals surface area contributed by atoms with Crippen LogP contribution in [0.5, 0.6) is 11.5 Å². The van der Waals surface area contributed by atoms with Crippen LogP contribution in [0.4, 0.5) is 4.79 Å². The average molecular weight is 283 g/mol. The van der Waals surface area contributed by atoms with Gasteiger partial charge in [-0.25, -0.2) is 4.79 Å². The molecule has 3 rings (SSSR count). The Morgan fingerprint density at radius 3 is 2.38 bits per heavy atom. The monoisotopic (exact) mass is 283 g/mol. The van der Waals surface area contributed by atoms with E-state index in [1.807, 2.05) is 61.5 Å². The number of amides is 1. The van der Waals surface area contributed by atoms with Crippen LogP contribution in [0.2, 0.25) is 0 Å². The van der Waals surface area contributed by atoms with Crippen molar-refractivity contribution < 1.29 is 14.3 Å². The van der Waals surface area contributed by atoms with Crippen molar-refractivity contribution in [2.24, 2.45) is 0 Å². The lowest BCUT2D eigenvalue weighted by molar-refractivity contribution is 0.137. The molecule has 1 saturated heterocycles. The predicted molar refractivity (Wildman–Crippen MR) is 79.3 cm³/mol. The zero-order chi connectivity index (χ0) is 14.7. The topological polar surface area (TPSA) is 38.8 Å². The summed E-state index contributed by atoms with van der Waals surface area (Å²) < 4.78 is 10.8. The minimum atomic E-state index is -0.243. The minimum Gasteiger partial charge on any atom is -0.457 e. The highest BCUT2D eigenvalue weighted by molar-refractivity contribution is 5.69. The Hall–Kier alpha value is -2.49. The summed E-state index contributed by atoms with van der Waals surface area (Å²) >= 11 is 0. The molecule has 1 amide bonds. The second-order valence-electron chi connectivity index (χ2n) is 5.13. The number of ether oxygens (including phenoxy) is 2. The van der Waals surface area contributed by atoms with Gasteiger partial charge in [0.05, 0.1) is 6.54 Å². The molecule has 0 saturated carbocycles. The van der Waals surface area contributed by atoms with E-state index in [0.717, 1.165) is 17.1 Å². The van der Waals surface area contributed by atoms with E-state index in [-0.39, 0.29) is 12.2 Å². The van der Waals surface area contributed by atoms with Crippen molar-refractivity contribution in [3.05, 3.63) is 60.2 Å². The van der Waals surface area contributed by atoms with E-state index in [4.69, 9.17) is 9.47 Å². The van der Waals surface area contributed by atoms with Gasteiger partial charge in [-0.1, -0.05) is 30.3 Å². The average Bonchev–Trinajstić information content (AvgIpc) is 2.80. The second-order valence-corrected chi connectivity index (χ2v) is 5.13. The maximum Gasteiger partial charge on any atom is 0.410 e. The summed E-state index contributed by atoms with van der Waals surface area (Å²) in [6.45, 7) is 3.10. The molecule has 1 aliphatic rings. The molecule has 0 N–H and O–H groups in total. The molecule has 0 bridgehead atoms. The van der Waals surface area contributed by atoms with Gasteiger partial charge in [-0.05, 0) is 36.8 Å². The summed E-state index contributed by atoms with van der Waals surface area (Å²) in [5.41, 5.74) is 1.06. The van der Waals surface area contributed by atoms with E-state index in [1.54, 1.807) is 4.90 Å². The van der Waals surface area contributed by atoms with Gasteiger partial charge in [0, 0.05) is 6.54 Å². The molecule has 1 fully saturated rings. The van der Waals surface area contributed by atoms with Crippen LogP contribution in [-0.2, 0) is 11.3 Å². The van der Waals surface area contributed by atoms with Crippen LogP contribution in [0.15, 0.2) is 54.6 Å². The third-order valence-electron chi connectivity index (χ3n) is 3.31. The van der Waals surface area contributed by atoms with Crippen LogP contribution >= 0.6 is 0 Å². The normalized spacial score (nSPS) is 17.7. The summed E-state index contributed by atoms with van der Waals surface area (Å²) in [4.78, 5) is 13.3. The standard InChI is InChI=1S/C17H17NO3/c1-13-11-18(17(19)20-13)12-14-7-9-16(10-8-14)21-15-5-3-2-4-6-15/h2-10,13H,11-12H2,1H3. The molecular weight excluding hydrogens is 266 g/mol. The molecule has 0 aromatic heterocycles. The highest BCUT2D eigenvalue weighted by Gasteiger charge is 2.27. The first-order valence-corrected chi connectivity index (χ1v) is 6.98. The van der Waals surface area contributed by atoms with Gasteiger partial charge in [-0.3, -0.25) is 0 Å². The molecule has 21 heavy (non-hydrogen) atoms. The molecule has 1 aliphatic heterocycles. The maximum atomic E-state index is 11.6. The van der Waals surface area contributed by atoms with Gasteiger partial charge in [-0.15, -0.1) is 0 Å². The first-order valence-electron chi connectivity index (χ1n) is 6.98. The van der Waals surface area contributed by atoms with E-state index in [0.29, 0.717) is 13.1 Å². The van der Waals surface area contributed by atoms with E-state index in [2.05, 4.69) is 0 Å². The Labute approximate surface area is 123 Å². The lowest BCUT2D eigenvalue weighted by Crippen LogP contribution is -2.24. The van der Waals surface area contributed by atoms with Crippen molar-refractivity contribution in [1.82, 2.24) is 4.90 Å². The number of para-hydroxylation sites is 1. The lowest BCUT2D eigenvalue weighted by atomic mass is 10.2. The maximum absolute atomic E-state index is 11.6. The Morgan fingerprint density at radius 1 is 1.10 bits per heavy atom. The number of hydrogen-bond donors (Lipinski definition) is 0. The van der Waals surface area contributed by atoms with Crippen LogP contribution in [0.25, 0.3) is 0 Å². The number of nitrogens with zero attached hydrogens (tertiary/aromatic N) is 1. The molecule has 2 aromatic carbocycles. The van der Waals surface area contributed by atoms with Crippen LogP contribution in [-0.4, -0.2) is 23.6 Å². The fraction of sp³-hybridized carbons (Fsp3) is 0.235. The van der Waals surface area contributed by atoms with Crippen LogP contribution in [0, 0.1) is 0 Å². The summed E-state index contributed by atoms with van der Waals surface area (Å²) in [6, 6.07) is 17.4. The minimum absolute atomic E-state index is 0.0295. The van der Waals surface area contributed by atoms with Crippen molar-refractivity contribution in [2.75, 3.05) is 6.54 Å². The van der Waals surface area contributed by atoms with Gasteiger partial charge in [0.25, 0.3) is 0 Å². The van der Waals surface area contributed by atoms with Crippen molar-refractivity contribution in [3.63, 3.8) is 0 Å². The molecule has 4 heteroatoms. The number of benzene rings is 2. The molecule has 1 heterocycles. The van der Waals surface area contributed by atoms with E-state index < -0.39 is 0 Å². The zero-order valence-electron chi connectivity index (χ0n) is 11.9. The number of hydrogen-bond acceptors (Lipinski definition) is 3. The number of cyclic esters (lactones) is 1. The SMILES string of the molecule is CC1CN(Cc2ccc(Oc3ccccc3)cc2)C(=O)O1. The van der Waals surface area contributed by atoms with Crippen molar-refractivity contribution in [2.45, 2.75) is 19.6 Å². The summed E-state index contributed by atoms with van der Waals surface area (Å²) in [5, 5.41) is 0. The summed E-state index contributed by atoms with van der Waals surface area (Å²) in [7, 11) is 0. The van der Waals surface area contributed by atoms with Crippen LogP contribution < -0.4 is 4.74 Å². The Kier molecular flexibility index (Phi) is 3.77. The Bertz CT molecular complexity index is 610. The molecule has 1 atom stereocenters. The van der Waals surface area contributed by atoms with E-state index >= 15 is 0 Å². The first-order chi connectivity index (χ1) is 10.2. The molecule has 0 spiro atoms. The van der Waals surface area contributed by atoms with Crippen LogP contribution in [0.1, 0.15) is 12.5 Å². The third kappa shape index (κ3) is 3.34. The number of rotatable bonds is 4. The van der Waals surface area contributed by atoms with Gasteiger partial charge < -0.3 is 14.4 Å². The highest BCUT2D eigenvalue weighted by Crippen LogP contribution is 2.22. The zero-order valence-corrected chi connectivity index (χ0v) is 11.9. The molecule has 1 unspecified atom stereocenters. The smallest absolute Gasteiger partial charge is 0.410 e. The van der Waals surface area contributed by atoms with E-state index in [1.165, 1.54) is 0 Å². The fourth-order valence-corrected chi connectivity index (χ4v) is 2.31. The second kappa shape index (κ2) is 5.87. The largest absolute Gasteiger partial charge is 0.457 e. The molecule has 0 aliphatic carbocycles. The molecule has 2 aromatic rings. The molecule has 0 radical (unpaired) electrons. The first kappa shape index (κ1) is 13.5. The summed E-state index contributed by atoms with van der Waals surface area (Å²) in [5.74, 6) is 1.59. The van der Waals surface area contributed by atoms with Gasteiger partial charge in [-0.2, -0.15) is 0 Å². The number of carbonyl (C=O) groups is 1. The Balaban J connectivity index is 1.63. The van der Waals surface area contributed by atoms with Gasteiger partial charge >= 0.3 is 6.09 Å². The van der Waals surface area contributed by atoms with Gasteiger partial charge in [0.2, 0.25) is 0 Å². The quantitative estimate of drug-likeness (QED) is 0.856. The summed E-state index contributed by atoms with van der Waals surface area (Å²) in [6.07, 6.45) is -0.273. The van der Waals surface area contributed by atoms with Crippen molar-refractivity contribution in [3.8, 4) is 11.5 Å². The van der Waals surface area contributed by atoms with Crippen molar-refractivity contribution >= 4 is 6.09 Å². The fourth-order valence-electron chi connectivity index (χ4n) is 2.31. The van der Waals surface area contributed by atoms with E-state index in [9.17, 15) is 4.79 Å². The highest BCUT2D eigenvalue weighted by atomic mass is 16.6. The Morgan fingerprint density at radius 2 is 1.76 bits per heavy atom. The molecular formula is C17H17NO3. The number of carbonyl (C=O) groups excluding carboxylic acids is 1. The lowest BCUT2D eigenvalue weighted by Gasteiger charge is -2.13. The predicted octanol–water partition coefficient (Wildman–Crippen LogP) is 3.82. The van der Waals surface area contributed by atoms with Gasteiger partial charge in [0.15, 0.2) is 0 Å². The third-order valence-corrected chi connectivity index (χ3v) is 3.31. The molecule has 108 valence electrons.